The third-order valence-electron chi connectivity index (χ3n) is 3.84. The maximum absolute atomic E-state index is 12.2. The highest BCUT2D eigenvalue weighted by Crippen LogP contribution is 2.26. The van der Waals surface area contributed by atoms with E-state index in [1.807, 2.05) is 31.4 Å². The molecule has 0 bridgehead atoms. The van der Waals surface area contributed by atoms with Gasteiger partial charge >= 0.3 is 6.36 Å². The van der Waals surface area contributed by atoms with Gasteiger partial charge in [-0.1, -0.05) is 19.9 Å². The van der Waals surface area contributed by atoms with E-state index in [1.54, 1.807) is 0 Å². The molecule has 2 rings (SSSR count). The molecule has 0 fully saturated rings. The molecule has 6 nitrogen and oxygen atoms in total. The largest absolute Gasteiger partial charge is 0.573 e. The number of amides is 1. The molecule has 0 spiro atoms. The lowest BCUT2D eigenvalue weighted by Crippen LogP contribution is -2.34. The minimum Gasteiger partial charge on any atom is -0.406 e. The Balaban J connectivity index is 1.89. The summed E-state index contributed by atoms with van der Waals surface area (Å²) in [5.74, 6) is -0.676. The van der Waals surface area contributed by atoms with E-state index < -0.39 is 22.1 Å². The standard InChI is InChI=1S/C18H21F3N2O4S2/c1-12(2)17(15-4-3-11-28-15)23-16(24)9-10-22-29(25,26)14-7-5-13(6-8-14)27-18(19,20)21/h3-8,11-12,17,22H,9-10H2,1-2H3,(H,23,24). The number of thiophene rings is 1. The van der Waals surface area contributed by atoms with Crippen molar-refractivity contribution in [3.63, 3.8) is 0 Å². The molecule has 1 heterocycles. The van der Waals surface area contributed by atoms with Crippen molar-refractivity contribution in [3.05, 3.63) is 46.7 Å². The maximum Gasteiger partial charge on any atom is 0.573 e. The fraction of sp³-hybridized carbons (Fsp3) is 0.389. The predicted molar refractivity (Wildman–Crippen MR) is 103 cm³/mol. The Morgan fingerprint density at radius 2 is 1.83 bits per heavy atom. The summed E-state index contributed by atoms with van der Waals surface area (Å²) in [6.07, 6.45) is -4.94. The quantitative estimate of drug-likeness (QED) is 0.608. The van der Waals surface area contributed by atoms with Crippen molar-refractivity contribution < 1.29 is 31.1 Å². The lowest BCUT2D eigenvalue weighted by atomic mass is 10.0. The number of rotatable bonds is 9. The van der Waals surface area contributed by atoms with Gasteiger partial charge in [-0.05, 0) is 41.6 Å². The topological polar surface area (TPSA) is 84.5 Å². The second-order valence-electron chi connectivity index (χ2n) is 6.47. The van der Waals surface area contributed by atoms with Gasteiger partial charge < -0.3 is 10.1 Å². The van der Waals surface area contributed by atoms with E-state index in [1.165, 1.54) is 11.3 Å². The van der Waals surface area contributed by atoms with Crippen LogP contribution in [-0.4, -0.2) is 27.2 Å². The van der Waals surface area contributed by atoms with E-state index >= 15 is 0 Å². The van der Waals surface area contributed by atoms with Crippen molar-refractivity contribution in [1.82, 2.24) is 10.0 Å². The fourth-order valence-corrected chi connectivity index (χ4v) is 4.46. The number of halogens is 3. The van der Waals surface area contributed by atoms with E-state index in [-0.39, 0.29) is 35.7 Å². The second kappa shape index (κ2) is 9.59. The van der Waals surface area contributed by atoms with Crippen LogP contribution in [0.25, 0.3) is 0 Å². The first-order valence-electron chi connectivity index (χ1n) is 8.66. The summed E-state index contributed by atoms with van der Waals surface area (Å²) in [5.41, 5.74) is 0. The van der Waals surface area contributed by atoms with Gasteiger partial charge in [-0.3, -0.25) is 4.79 Å². The SMILES string of the molecule is CC(C)C(NC(=O)CCNS(=O)(=O)c1ccc(OC(F)(F)F)cc1)c1cccs1. The van der Waals surface area contributed by atoms with E-state index in [0.717, 1.165) is 29.1 Å². The summed E-state index contributed by atoms with van der Waals surface area (Å²) in [5, 5.41) is 4.80. The van der Waals surface area contributed by atoms with Gasteiger partial charge in [0.1, 0.15) is 5.75 Å². The molecule has 160 valence electrons. The zero-order valence-electron chi connectivity index (χ0n) is 15.7. The van der Waals surface area contributed by atoms with Crippen LogP contribution in [0.3, 0.4) is 0 Å². The normalized spacial score (nSPS) is 13.3. The van der Waals surface area contributed by atoms with Gasteiger partial charge in [0.2, 0.25) is 15.9 Å². The Bertz CT molecular complexity index is 896. The Kier molecular flexibility index (Phi) is 7.66. The van der Waals surface area contributed by atoms with Crippen molar-refractivity contribution in [3.8, 4) is 5.75 Å². The third-order valence-corrected chi connectivity index (χ3v) is 6.28. The van der Waals surface area contributed by atoms with Gasteiger partial charge in [0.15, 0.2) is 0 Å². The number of nitrogens with one attached hydrogen (secondary N) is 2. The first-order valence-corrected chi connectivity index (χ1v) is 11.0. The van der Waals surface area contributed by atoms with E-state index in [4.69, 9.17) is 0 Å². The lowest BCUT2D eigenvalue weighted by molar-refractivity contribution is -0.274. The summed E-state index contributed by atoms with van der Waals surface area (Å²) >= 11 is 1.52. The molecular formula is C18H21F3N2O4S2. The van der Waals surface area contributed by atoms with Crippen LogP contribution in [0.15, 0.2) is 46.7 Å². The molecular weight excluding hydrogens is 429 g/mol. The zero-order valence-corrected chi connectivity index (χ0v) is 17.3. The minimum atomic E-state index is -4.86. The molecule has 11 heteroatoms. The van der Waals surface area contributed by atoms with Crippen LogP contribution in [0.4, 0.5) is 13.2 Å². The van der Waals surface area contributed by atoms with Gasteiger partial charge in [0.25, 0.3) is 0 Å². The van der Waals surface area contributed by atoms with Crippen LogP contribution in [0.2, 0.25) is 0 Å². The fourth-order valence-electron chi connectivity index (χ4n) is 2.48. The summed E-state index contributed by atoms with van der Waals surface area (Å²) < 4.78 is 66.9. The number of sulfonamides is 1. The highest BCUT2D eigenvalue weighted by Gasteiger charge is 2.31. The molecule has 0 radical (unpaired) electrons. The molecule has 0 aliphatic carbocycles. The maximum atomic E-state index is 12.2. The molecule has 1 unspecified atom stereocenters. The first-order chi connectivity index (χ1) is 13.5. The molecule has 0 saturated heterocycles. The lowest BCUT2D eigenvalue weighted by Gasteiger charge is -2.21. The number of ether oxygens (including phenoxy) is 1. The van der Waals surface area contributed by atoms with Gasteiger partial charge in [-0.15, -0.1) is 24.5 Å². The Morgan fingerprint density at radius 1 is 1.17 bits per heavy atom. The number of hydrogen-bond donors (Lipinski definition) is 2. The van der Waals surface area contributed by atoms with Crippen molar-refractivity contribution >= 4 is 27.3 Å². The third kappa shape index (κ3) is 7.33. The molecule has 29 heavy (non-hydrogen) atoms. The van der Waals surface area contributed by atoms with Gasteiger partial charge in [-0.25, -0.2) is 13.1 Å². The van der Waals surface area contributed by atoms with E-state index in [9.17, 15) is 26.4 Å². The van der Waals surface area contributed by atoms with Crippen molar-refractivity contribution in [2.75, 3.05) is 6.54 Å². The zero-order chi connectivity index (χ0) is 21.7. The van der Waals surface area contributed by atoms with Gasteiger partial charge in [0, 0.05) is 17.8 Å². The molecule has 2 aromatic rings. The smallest absolute Gasteiger partial charge is 0.406 e. The summed E-state index contributed by atoms with van der Waals surface area (Å²) in [6, 6.07) is 7.45. The molecule has 0 saturated carbocycles. The molecule has 1 atom stereocenters. The van der Waals surface area contributed by atoms with Crippen LogP contribution in [-0.2, 0) is 14.8 Å². The summed E-state index contributed by atoms with van der Waals surface area (Å²) in [6.45, 7) is 3.79. The van der Waals surface area contributed by atoms with Crippen molar-refractivity contribution in [2.24, 2.45) is 5.92 Å². The number of carbonyl (C=O) groups excluding carboxylic acids is 1. The Hall–Kier alpha value is -2.11. The predicted octanol–water partition coefficient (Wildman–Crippen LogP) is 3.83. The number of benzene rings is 1. The monoisotopic (exact) mass is 450 g/mol. The average Bonchev–Trinajstić information content (AvgIpc) is 3.12. The minimum absolute atomic E-state index is 0.0803. The van der Waals surface area contributed by atoms with Gasteiger partial charge in [-0.2, -0.15) is 0 Å². The average molecular weight is 451 g/mol. The van der Waals surface area contributed by atoms with Crippen LogP contribution in [0, 0.1) is 5.92 Å². The Labute approximate surface area is 171 Å². The molecule has 1 aromatic carbocycles. The van der Waals surface area contributed by atoms with Crippen molar-refractivity contribution in [1.29, 1.82) is 0 Å². The van der Waals surface area contributed by atoms with Crippen LogP contribution >= 0.6 is 11.3 Å². The summed E-state index contributed by atoms with van der Waals surface area (Å²) in [4.78, 5) is 13.0. The van der Waals surface area contributed by atoms with Crippen LogP contribution in [0.5, 0.6) is 5.75 Å². The summed E-state index contributed by atoms with van der Waals surface area (Å²) in [7, 11) is -3.97. The van der Waals surface area contributed by atoms with Crippen LogP contribution in [0.1, 0.15) is 31.2 Å². The molecule has 0 aliphatic rings. The first kappa shape index (κ1) is 23.2. The van der Waals surface area contributed by atoms with Gasteiger partial charge in [0.05, 0.1) is 10.9 Å². The molecule has 0 aliphatic heterocycles. The molecule has 1 aromatic heterocycles. The second-order valence-corrected chi connectivity index (χ2v) is 9.22. The Morgan fingerprint density at radius 3 is 2.34 bits per heavy atom. The van der Waals surface area contributed by atoms with Crippen molar-refractivity contribution in [2.45, 2.75) is 37.6 Å². The highest BCUT2D eigenvalue weighted by atomic mass is 32.2. The molecule has 1 amide bonds. The van der Waals surface area contributed by atoms with E-state index in [2.05, 4.69) is 14.8 Å². The molecule has 2 N–H and O–H groups in total. The van der Waals surface area contributed by atoms with Crippen LogP contribution < -0.4 is 14.8 Å². The van der Waals surface area contributed by atoms with E-state index in [0.29, 0.717) is 0 Å². The highest BCUT2D eigenvalue weighted by molar-refractivity contribution is 7.89. The number of carbonyl (C=O) groups is 1. The number of hydrogen-bond acceptors (Lipinski definition) is 5. The number of alkyl halides is 3.